The number of amides is 1. The van der Waals surface area contributed by atoms with Gasteiger partial charge in [-0.2, -0.15) is 0 Å². The molecule has 2 aromatic carbocycles. The van der Waals surface area contributed by atoms with Crippen molar-refractivity contribution < 1.29 is 17.9 Å². The minimum Gasteiger partial charge on any atom is -0.494 e. The maximum Gasteiger partial charge on any atom is 0.246 e. The van der Waals surface area contributed by atoms with Crippen LogP contribution in [-0.2, 0) is 21.4 Å². The van der Waals surface area contributed by atoms with Crippen molar-refractivity contribution in [2.75, 3.05) is 43.3 Å². The van der Waals surface area contributed by atoms with E-state index in [0.717, 1.165) is 25.9 Å². The van der Waals surface area contributed by atoms with E-state index in [-0.39, 0.29) is 5.91 Å². The third-order valence-electron chi connectivity index (χ3n) is 5.40. The molecule has 1 amide bonds. The monoisotopic (exact) mass is 445 g/mol. The van der Waals surface area contributed by atoms with E-state index in [1.165, 1.54) is 9.87 Å². The molecule has 1 fully saturated rings. The van der Waals surface area contributed by atoms with E-state index in [2.05, 4.69) is 17.0 Å². The lowest BCUT2D eigenvalue weighted by atomic mass is 10.2. The Kier molecular flexibility index (Phi) is 7.56. The predicted octanol–water partition coefficient (Wildman–Crippen LogP) is 2.58. The summed E-state index contributed by atoms with van der Waals surface area (Å²) < 4.78 is 31.7. The Morgan fingerprint density at radius 3 is 2.19 bits per heavy atom. The molecular weight excluding hydrogens is 414 g/mol. The summed E-state index contributed by atoms with van der Waals surface area (Å²) in [5.41, 5.74) is 1.70. The van der Waals surface area contributed by atoms with Crippen LogP contribution in [-0.4, -0.2) is 69.2 Å². The number of nitrogens with zero attached hydrogens (tertiary/aromatic N) is 3. The molecule has 0 aliphatic carbocycles. The smallest absolute Gasteiger partial charge is 0.246 e. The SMILES string of the molecule is CCOc1ccc(N([C@H](C)C(=O)N2CCN(Cc3ccccc3)CC2)S(C)(=O)=O)cc1. The average molecular weight is 446 g/mol. The Morgan fingerprint density at radius 1 is 1.03 bits per heavy atom. The molecule has 0 spiro atoms. The minimum absolute atomic E-state index is 0.182. The van der Waals surface area contributed by atoms with Crippen LogP contribution >= 0.6 is 0 Å². The molecule has 0 radical (unpaired) electrons. The lowest BCUT2D eigenvalue weighted by Gasteiger charge is -2.38. The molecule has 1 aliphatic heterocycles. The van der Waals surface area contributed by atoms with Crippen molar-refractivity contribution >= 4 is 21.6 Å². The van der Waals surface area contributed by atoms with Gasteiger partial charge in [0.1, 0.15) is 11.8 Å². The number of carbonyl (C=O) groups is 1. The second-order valence-corrected chi connectivity index (χ2v) is 9.61. The topological polar surface area (TPSA) is 70.2 Å². The zero-order valence-electron chi connectivity index (χ0n) is 18.4. The maximum atomic E-state index is 13.2. The average Bonchev–Trinajstić information content (AvgIpc) is 2.75. The van der Waals surface area contributed by atoms with Crippen molar-refractivity contribution in [2.45, 2.75) is 26.4 Å². The lowest BCUT2D eigenvalue weighted by Crippen LogP contribution is -2.55. The van der Waals surface area contributed by atoms with Gasteiger partial charge in [0, 0.05) is 32.7 Å². The molecule has 0 aromatic heterocycles. The van der Waals surface area contributed by atoms with Gasteiger partial charge in [0.15, 0.2) is 0 Å². The lowest BCUT2D eigenvalue weighted by molar-refractivity contribution is -0.133. The van der Waals surface area contributed by atoms with Crippen molar-refractivity contribution in [3.8, 4) is 5.75 Å². The van der Waals surface area contributed by atoms with Crippen molar-refractivity contribution in [1.29, 1.82) is 0 Å². The van der Waals surface area contributed by atoms with E-state index in [0.29, 0.717) is 31.1 Å². The van der Waals surface area contributed by atoms with Crippen LogP contribution in [0.3, 0.4) is 0 Å². The Balaban J connectivity index is 1.66. The van der Waals surface area contributed by atoms with Crippen LogP contribution in [0.2, 0.25) is 0 Å². The summed E-state index contributed by atoms with van der Waals surface area (Å²) in [6, 6.07) is 16.2. The number of rotatable bonds is 8. The van der Waals surface area contributed by atoms with E-state index >= 15 is 0 Å². The molecule has 168 valence electrons. The molecule has 2 aromatic rings. The second-order valence-electron chi connectivity index (χ2n) is 7.75. The van der Waals surface area contributed by atoms with Crippen molar-refractivity contribution in [3.63, 3.8) is 0 Å². The van der Waals surface area contributed by atoms with Crippen LogP contribution in [0.4, 0.5) is 5.69 Å². The molecule has 3 rings (SSSR count). The quantitative estimate of drug-likeness (QED) is 0.625. The molecular formula is C23H31N3O4S. The third kappa shape index (κ3) is 5.98. The molecule has 1 heterocycles. The number of anilines is 1. The molecule has 8 heteroatoms. The molecule has 31 heavy (non-hydrogen) atoms. The highest BCUT2D eigenvalue weighted by molar-refractivity contribution is 7.92. The Morgan fingerprint density at radius 2 is 1.65 bits per heavy atom. The van der Waals surface area contributed by atoms with Crippen LogP contribution < -0.4 is 9.04 Å². The van der Waals surface area contributed by atoms with Crippen LogP contribution in [0.25, 0.3) is 0 Å². The highest BCUT2D eigenvalue weighted by atomic mass is 32.2. The second kappa shape index (κ2) is 10.2. The number of benzene rings is 2. The number of piperazine rings is 1. The zero-order valence-corrected chi connectivity index (χ0v) is 19.2. The number of carbonyl (C=O) groups excluding carboxylic acids is 1. The summed E-state index contributed by atoms with van der Waals surface area (Å²) in [5, 5.41) is 0. The van der Waals surface area contributed by atoms with Crippen molar-refractivity contribution in [2.24, 2.45) is 0 Å². The van der Waals surface area contributed by atoms with Gasteiger partial charge in [0.2, 0.25) is 15.9 Å². The Hall–Kier alpha value is -2.58. The number of hydrogen-bond acceptors (Lipinski definition) is 5. The highest BCUT2D eigenvalue weighted by Gasteiger charge is 2.33. The number of sulfonamides is 1. The van der Waals surface area contributed by atoms with Crippen LogP contribution in [0.15, 0.2) is 54.6 Å². The van der Waals surface area contributed by atoms with Crippen molar-refractivity contribution in [3.05, 3.63) is 60.2 Å². The number of ether oxygens (including phenoxy) is 1. The molecule has 0 N–H and O–H groups in total. The maximum absolute atomic E-state index is 13.2. The Bertz CT molecular complexity index is 956. The predicted molar refractivity (Wildman–Crippen MR) is 123 cm³/mol. The molecule has 7 nitrogen and oxygen atoms in total. The van der Waals surface area contributed by atoms with Crippen LogP contribution in [0.5, 0.6) is 5.75 Å². The summed E-state index contributed by atoms with van der Waals surface area (Å²) in [6.45, 7) is 7.59. The standard InChI is InChI=1S/C23H31N3O4S/c1-4-30-22-12-10-21(11-13-22)26(31(3,28)29)19(2)23(27)25-16-14-24(15-17-25)18-20-8-6-5-7-9-20/h5-13,19H,4,14-18H2,1-3H3/t19-/m1/s1. The third-order valence-corrected chi connectivity index (χ3v) is 6.64. The molecule has 1 aliphatic rings. The van der Waals surface area contributed by atoms with Gasteiger partial charge < -0.3 is 9.64 Å². The van der Waals surface area contributed by atoms with Gasteiger partial charge in [-0.1, -0.05) is 30.3 Å². The minimum atomic E-state index is -3.64. The van der Waals surface area contributed by atoms with Crippen LogP contribution in [0.1, 0.15) is 19.4 Å². The summed E-state index contributed by atoms with van der Waals surface area (Å²) in [4.78, 5) is 17.2. The summed E-state index contributed by atoms with van der Waals surface area (Å²) in [5.74, 6) is 0.479. The van der Waals surface area contributed by atoms with E-state index in [4.69, 9.17) is 4.74 Å². The van der Waals surface area contributed by atoms with E-state index in [1.807, 2.05) is 25.1 Å². The first-order chi connectivity index (χ1) is 14.8. The fourth-order valence-corrected chi connectivity index (χ4v) is 5.06. The van der Waals surface area contributed by atoms with Crippen LogP contribution in [0, 0.1) is 0 Å². The molecule has 1 saturated heterocycles. The van der Waals surface area contributed by atoms with Gasteiger partial charge in [-0.05, 0) is 43.7 Å². The summed E-state index contributed by atoms with van der Waals surface area (Å²) in [6.07, 6.45) is 1.13. The fourth-order valence-electron chi connectivity index (χ4n) is 3.89. The molecule has 1 atom stereocenters. The van der Waals surface area contributed by atoms with E-state index in [1.54, 1.807) is 36.1 Å². The van der Waals surface area contributed by atoms with Gasteiger partial charge in [0.05, 0.1) is 18.6 Å². The van der Waals surface area contributed by atoms with Gasteiger partial charge in [0.25, 0.3) is 0 Å². The van der Waals surface area contributed by atoms with E-state index < -0.39 is 16.1 Å². The number of hydrogen-bond donors (Lipinski definition) is 0. The normalized spacial score (nSPS) is 16.0. The van der Waals surface area contributed by atoms with Crippen molar-refractivity contribution in [1.82, 2.24) is 9.80 Å². The van der Waals surface area contributed by atoms with Gasteiger partial charge in [-0.15, -0.1) is 0 Å². The highest BCUT2D eigenvalue weighted by Crippen LogP contribution is 2.25. The Labute approximate surface area is 185 Å². The van der Waals surface area contributed by atoms with Gasteiger partial charge >= 0.3 is 0 Å². The largest absolute Gasteiger partial charge is 0.494 e. The summed E-state index contributed by atoms with van der Waals surface area (Å²) in [7, 11) is -3.64. The molecule has 0 unspecified atom stereocenters. The summed E-state index contributed by atoms with van der Waals surface area (Å²) >= 11 is 0. The van der Waals surface area contributed by atoms with Gasteiger partial charge in [-0.25, -0.2) is 8.42 Å². The zero-order chi connectivity index (χ0) is 22.4. The first-order valence-electron chi connectivity index (χ1n) is 10.6. The van der Waals surface area contributed by atoms with Gasteiger partial charge in [-0.3, -0.25) is 14.0 Å². The fraction of sp³-hybridized carbons (Fsp3) is 0.435. The first kappa shape index (κ1) is 23.1. The van der Waals surface area contributed by atoms with E-state index in [9.17, 15) is 13.2 Å². The molecule has 0 saturated carbocycles. The first-order valence-corrected chi connectivity index (χ1v) is 12.4. The molecule has 0 bridgehead atoms.